The molecule has 2 unspecified atom stereocenters. The molecule has 2 rings (SSSR count). The van der Waals surface area contributed by atoms with E-state index in [1.54, 1.807) is 0 Å². The van der Waals surface area contributed by atoms with Gasteiger partial charge in [-0.1, -0.05) is 0 Å². The molecule has 0 radical (unpaired) electrons. The van der Waals surface area contributed by atoms with Gasteiger partial charge in [0.1, 0.15) is 17.5 Å². The first-order valence-corrected chi connectivity index (χ1v) is 9.68. The van der Waals surface area contributed by atoms with Gasteiger partial charge in [0.25, 0.3) is 5.69 Å². The maximum Gasteiger partial charge on any atom is 0.513 e. The summed E-state index contributed by atoms with van der Waals surface area (Å²) in [5.41, 5.74) is -0.195. The van der Waals surface area contributed by atoms with Gasteiger partial charge in [0.05, 0.1) is 19.1 Å². The van der Waals surface area contributed by atoms with Crippen molar-refractivity contribution in [3.8, 4) is 23.0 Å². The van der Waals surface area contributed by atoms with Crippen LogP contribution in [0.2, 0.25) is 0 Å². The second-order valence-electron chi connectivity index (χ2n) is 5.64. The van der Waals surface area contributed by atoms with Crippen molar-refractivity contribution in [3.63, 3.8) is 0 Å². The third kappa shape index (κ3) is 5.84. The zero-order chi connectivity index (χ0) is 21.6. The molecule has 0 spiro atoms. The Morgan fingerprint density at radius 3 is 2.14 bits per heavy atom. The number of aliphatic carboxylic acids is 1. The molecule has 0 aromatic heterocycles. The highest BCUT2D eigenvalue weighted by atomic mass is 31.2. The predicted molar refractivity (Wildman–Crippen MR) is 102 cm³/mol. The monoisotopic (exact) mass is 426 g/mol. The van der Waals surface area contributed by atoms with E-state index in [1.165, 1.54) is 51.5 Å². The molecule has 2 aromatic carbocycles. The molecule has 0 heterocycles. The molecule has 0 aliphatic heterocycles. The number of nitro benzene ring substituents is 1. The molecule has 0 saturated carbocycles. The number of nitro groups is 1. The lowest BCUT2D eigenvalue weighted by Gasteiger charge is -2.22. The number of methoxy groups -OCH3 is 2. The van der Waals surface area contributed by atoms with Crippen molar-refractivity contribution < 1.29 is 37.9 Å². The number of hydrogen-bond acceptors (Lipinski definition) is 8. The van der Waals surface area contributed by atoms with E-state index in [0.29, 0.717) is 5.75 Å². The number of nitrogens with zero attached hydrogens (tertiary/aromatic N) is 1. The maximum absolute atomic E-state index is 13.2. The highest BCUT2D eigenvalue weighted by Crippen LogP contribution is 2.47. The van der Waals surface area contributed by atoms with Crippen LogP contribution in [0.25, 0.3) is 0 Å². The molecule has 0 bridgehead atoms. The molecule has 11 nitrogen and oxygen atoms in total. The van der Waals surface area contributed by atoms with E-state index in [4.69, 9.17) is 23.6 Å². The number of rotatable bonds is 10. The van der Waals surface area contributed by atoms with Crippen LogP contribution in [0.3, 0.4) is 0 Å². The fourth-order valence-corrected chi connectivity index (χ4v) is 3.66. The zero-order valence-electron chi connectivity index (χ0n) is 15.7. The normalized spacial score (nSPS) is 13.6. The number of ether oxygens (including phenoxy) is 2. The molecule has 2 N–H and O–H groups in total. The van der Waals surface area contributed by atoms with Crippen molar-refractivity contribution in [1.82, 2.24) is 5.09 Å². The summed E-state index contributed by atoms with van der Waals surface area (Å²) in [6, 6.07) is 7.78. The highest BCUT2D eigenvalue weighted by Gasteiger charge is 2.33. The first kappa shape index (κ1) is 22.0. The predicted octanol–water partition coefficient (Wildman–Crippen LogP) is 3.24. The van der Waals surface area contributed by atoms with E-state index in [0.717, 1.165) is 12.1 Å². The van der Waals surface area contributed by atoms with Gasteiger partial charge >= 0.3 is 13.7 Å². The molecule has 156 valence electrons. The number of carboxylic acids is 1. The zero-order valence-corrected chi connectivity index (χ0v) is 16.6. The third-order valence-corrected chi connectivity index (χ3v) is 5.18. The highest BCUT2D eigenvalue weighted by molar-refractivity contribution is 7.52. The Labute approximate surface area is 165 Å². The summed E-state index contributed by atoms with van der Waals surface area (Å²) in [6.07, 6.45) is 0. The topological polar surface area (TPSA) is 146 Å². The Morgan fingerprint density at radius 1 is 1.07 bits per heavy atom. The van der Waals surface area contributed by atoms with Crippen LogP contribution in [0.5, 0.6) is 23.0 Å². The van der Waals surface area contributed by atoms with Gasteiger partial charge in [-0.15, -0.1) is 0 Å². The largest absolute Gasteiger partial charge is 0.513 e. The third-order valence-electron chi connectivity index (χ3n) is 3.58. The second kappa shape index (κ2) is 9.26. The number of hydrogen-bond donors (Lipinski definition) is 2. The smallest absolute Gasteiger partial charge is 0.493 e. The van der Waals surface area contributed by atoms with Gasteiger partial charge in [-0.25, -0.2) is 4.57 Å². The van der Waals surface area contributed by atoms with Gasteiger partial charge in [-0.05, 0) is 31.2 Å². The van der Waals surface area contributed by atoms with Crippen LogP contribution in [-0.4, -0.2) is 36.3 Å². The van der Waals surface area contributed by atoms with Crippen molar-refractivity contribution in [2.24, 2.45) is 0 Å². The minimum absolute atomic E-state index is 0.0236. The first-order chi connectivity index (χ1) is 13.7. The molecule has 29 heavy (non-hydrogen) atoms. The van der Waals surface area contributed by atoms with Crippen molar-refractivity contribution >= 4 is 19.4 Å². The van der Waals surface area contributed by atoms with Crippen molar-refractivity contribution in [1.29, 1.82) is 0 Å². The van der Waals surface area contributed by atoms with Gasteiger partial charge in [-0.3, -0.25) is 14.9 Å². The Bertz CT molecular complexity index is 933. The van der Waals surface area contributed by atoms with Crippen LogP contribution >= 0.6 is 7.75 Å². The molecular formula is C17H19N2O9P. The summed E-state index contributed by atoms with van der Waals surface area (Å²) in [6.45, 7) is 1.26. The average Bonchev–Trinajstić information content (AvgIpc) is 2.67. The standard InChI is InChI=1S/C17H19N2O9P/c1-11(17(20)21)18-29(24,27-13-6-4-12(5-7-13)19(22)23)28-14-8-9-15(25-2)16(10-14)26-3/h4-11H,1-3H3,(H,18,24)(H,20,21). The van der Waals surface area contributed by atoms with Crippen LogP contribution < -0.4 is 23.6 Å². The van der Waals surface area contributed by atoms with Crippen LogP contribution in [-0.2, 0) is 9.36 Å². The molecule has 0 fully saturated rings. The van der Waals surface area contributed by atoms with E-state index in [9.17, 15) is 19.5 Å². The molecule has 2 atom stereocenters. The number of non-ortho nitro benzene ring substituents is 1. The molecule has 0 amide bonds. The van der Waals surface area contributed by atoms with E-state index in [-0.39, 0.29) is 22.9 Å². The molecule has 0 aliphatic rings. The average molecular weight is 426 g/mol. The van der Waals surface area contributed by atoms with Gasteiger partial charge in [0, 0.05) is 18.2 Å². The van der Waals surface area contributed by atoms with Crippen molar-refractivity contribution in [3.05, 3.63) is 52.6 Å². The van der Waals surface area contributed by atoms with E-state index in [1.807, 2.05) is 0 Å². The van der Waals surface area contributed by atoms with Crippen LogP contribution in [0.15, 0.2) is 42.5 Å². The Kier molecular flexibility index (Phi) is 7.03. The Morgan fingerprint density at radius 2 is 1.62 bits per heavy atom. The van der Waals surface area contributed by atoms with Crippen molar-refractivity contribution in [2.45, 2.75) is 13.0 Å². The fourth-order valence-electron chi connectivity index (χ4n) is 2.14. The lowest BCUT2D eigenvalue weighted by Crippen LogP contribution is -2.34. The van der Waals surface area contributed by atoms with Crippen LogP contribution in [0.1, 0.15) is 6.92 Å². The van der Waals surface area contributed by atoms with E-state index >= 15 is 0 Å². The maximum atomic E-state index is 13.2. The SMILES string of the molecule is COc1ccc(OP(=O)(NC(C)C(=O)O)Oc2ccc([N+](=O)[O-])cc2)cc1OC. The minimum Gasteiger partial charge on any atom is -0.493 e. The summed E-state index contributed by atoms with van der Waals surface area (Å²) < 4.78 is 34.3. The quantitative estimate of drug-likeness (QED) is 0.330. The lowest BCUT2D eigenvalue weighted by molar-refractivity contribution is -0.384. The van der Waals surface area contributed by atoms with Crippen LogP contribution in [0.4, 0.5) is 5.69 Å². The second-order valence-corrected chi connectivity index (χ2v) is 7.26. The van der Waals surface area contributed by atoms with E-state index in [2.05, 4.69) is 5.09 Å². The Balaban J connectivity index is 2.33. The van der Waals surface area contributed by atoms with Gasteiger partial charge in [0.2, 0.25) is 0 Å². The summed E-state index contributed by atoms with van der Waals surface area (Å²) >= 11 is 0. The first-order valence-electron chi connectivity index (χ1n) is 8.13. The van der Waals surface area contributed by atoms with Gasteiger partial charge in [0.15, 0.2) is 11.5 Å². The fraction of sp³-hybridized carbons (Fsp3) is 0.235. The van der Waals surface area contributed by atoms with Crippen molar-refractivity contribution in [2.75, 3.05) is 14.2 Å². The van der Waals surface area contributed by atoms with Crippen LogP contribution in [0, 0.1) is 10.1 Å². The molecule has 0 aliphatic carbocycles. The summed E-state index contributed by atoms with van der Waals surface area (Å²) in [5.74, 6) is -0.563. The molecular weight excluding hydrogens is 407 g/mol. The molecule has 12 heteroatoms. The summed E-state index contributed by atoms with van der Waals surface area (Å²) in [4.78, 5) is 21.3. The molecule has 2 aromatic rings. The number of carbonyl (C=O) groups is 1. The number of benzene rings is 2. The minimum atomic E-state index is -4.26. The summed E-state index contributed by atoms with van der Waals surface area (Å²) in [5, 5.41) is 22.2. The summed E-state index contributed by atoms with van der Waals surface area (Å²) in [7, 11) is -1.42. The number of nitrogens with one attached hydrogen (secondary N) is 1. The molecule has 0 saturated heterocycles. The van der Waals surface area contributed by atoms with E-state index < -0.39 is 24.7 Å². The lowest BCUT2D eigenvalue weighted by atomic mass is 10.3. The van der Waals surface area contributed by atoms with Gasteiger partial charge < -0.3 is 23.6 Å². The number of carboxylic acid groups (broad SMARTS) is 1. The van der Waals surface area contributed by atoms with Gasteiger partial charge in [-0.2, -0.15) is 5.09 Å². The Hall–Kier alpha value is -3.30.